The van der Waals surface area contributed by atoms with E-state index in [9.17, 15) is 19.5 Å². The molecule has 0 heterocycles. The molecule has 0 saturated heterocycles. The molecule has 0 aliphatic heterocycles. The molecular weight excluding hydrogens is 374 g/mol. The summed E-state index contributed by atoms with van der Waals surface area (Å²) in [5.74, 6) is -1.69. The Morgan fingerprint density at radius 1 is 1.07 bits per heavy atom. The van der Waals surface area contributed by atoms with E-state index in [1.807, 2.05) is 6.92 Å². The van der Waals surface area contributed by atoms with Crippen LogP contribution in [0.4, 0.5) is 4.79 Å². The van der Waals surface area contributed by atoms with E-state index in [1.165, 1.54) is 18.2 Å². The quantitative estimate of drug-likeness (QED) is 0.579. The first-order valence-corrected chi connectivity index (χ1v) is 9.12. The summed E-state index contributed by atoms with van der Waals surface area (Å²) in [5, 5.41) is 20.4. The van der Waals surface area contributed by atoms with Gasteiger partial charge in [-0.2, -0.15) is 0 Å². The molecule has 2 aromatic carbocycles. The minimum atomic E-state index is -1.03. The van der Waals surface area contributed by atoms with Gasteiger partial charge >= 0.3 is 12.1 Å². The van der Waals surface area contributed by atoms with E-state index >= 15 is 0 Å². The Labute approximate surface area is 168 Å². The summed E-state index contributed by atoms with van der Waals surface area (Å²) in [6, 6.07) is 14.5. The Morgan fingerprint density at radius 2 is 1.72 bits per heavy atom. The number of aliphatic carboxylic acids is 1. The van der Waals surface area contributed by atoms with Crippen LogP contribution >= 0.6 is 0 Å². The smallest absolute Gasteiger partial charge is 0.414 e. The minimum absolute atomic E-state index is 0.0771. The first-order valence-electron chi connectivity index (χ1n) is 9.12. The van der Waals surface area contributed by atoms with Gasteiger partial charge in [0.05, 0.1) is 0 Å². The van der Waals surface area contributed by atoms with Gasteiger partial charge in [-0.3, -0.25) is 10.1 Å². The van der Waals surface area contributed by atoms with Gasteiger partial charge in [0.25, 0.3) is 5.91 Å². The maximum absolute atomic E-state index is 12.3. The van der Waals surface area contributed by atoms with Crippen molar-refractivity contribution in [2.45, 2.75) is 25.9 Å². The highest BCUT2D eigenvalue weighted by molar-refractivity contribution is 6.02. The van der Waals surface area contributed by atoms with E-state index in [0.29, 0.717) is 24.0 Å². The molecule has 0 unspecified atom stereocenters. The minimum Gasteiger partial charge on any atom is -0.508 e. The number of aromatic hydroxyl groups is 1. The third kappa shape index (κ3) is 7.14. The normalized spacial score (nSPS) is 12.9. The van der Waals surface area contributed by atoms with Crippen LogP contribution in [-0.4, -0.2) is 28.2 Å². The zero-order valence-corrected chi connectivity index (χ0v) is 15.9. The van der Waals surface area contributed by atoms with Gasteiger partial charge in [0.15, 0.2) is 0 Å². The van der Waals surface area contributed by atoms with Crippen molar-refractivity contribution in [1.29, 1.82) is 0 Å². The van der Waals surface area contributed by atoms with E-state index < -0.39 is 24.1 Å². The van der Waals surface area contributed by atoms with Gasteiger partial charge in [0, 0.05) is 11.6 Å². The van der Waals surface area contributed by atoms with Crippen LogP contribution in [0, 0.1) is 5.92 Å². The lowest BCUT2D eigenvalue weighted by Gasteiger charge is -2.24. The molecule has 0 aliphatic rings. The number of carbonyl (C=O) groups excluding carboxylic acids is 2. The van der Waals surface area contributed by atoms with E-state index in [4.69, 9.17) is 9.84 Å². The van der Waals surface area contributed by atoms with Crippen LogP contribution in [-0.2, 0) is 9.53 Å². The van der Waals surface area contributed by atoms with E-state index in [0.717, 1.165) is 6.08 Å². The maximum Gasteiger partial charge on any atom is 0.414 e. The third-order valence-corrected chi connectivity index (χ3v) is 4.27. The SMILES string of the molecule is C[C@@H](CC/C=C/C(=O)O)[C@H](OC(=O)NC(=O)c1ccccc1)c1ccc(O)cc1. The van der Waals surface area contributed by atoms with Crippen molar-refractivity contribution < 1.29 is 29.3 Å². The third-order valence-electron chi connectivity index (χ3n) is 4.27. The molecule has 0 spiro atoms. The molecule has 2 rings (SSSR count). The Hall–Kier alpha value is -3.61. The summed E-state index contributed by atoms with van der Waals surface area (Å²) >= 11 is 0. The fourth-order valence-electron chi connectivity index (χ4n) is 2.77. The van der Waals surface area contributed by atoms with E-state index in [-0.39, 0.29) is 11.7 Å². The zero-order chi connectivity index (χ0) is 21.2. The van der Waals surface area contributed by atoms with Crippen molar-refractivity contribution in [2.24, 2.45) is 5.92 Å². The number of rotatable bonds is 8. The summed E-state index contributed by atoms with van der Waals surface area (Å²) in [4.78, 5) is 35.0. The predicted molar refractivity (Wildman–Crippen MR) is 106 cm³/mol. The van der Waals surface area contributed by atoms with Gasteiger partial charge in [0.2, 0.25) is 0 Å². The number of hydrogen-bond acceptors (Lipinski definition) is 5. The first-order chi connectivity index (χ1) is 13.9. The average Bonchev–Trinajstić information content (AvgIpc) is 2.70. The molecule has 3 N–H and O–H groups in total. The van der Waals surface area contributed by atoms with Crippen molar-refractivity contribution in [2.75, 3.05) is 0 Å². The number of ether oxygens (including phenoxy) is 1. The maximum atomic E-state index is 12.3. The molecule has 2 amide bonds. The monoisotopic (exact) mass is 397 g/mol. The number of imide groups is 1. The number of alkyl carbamates (subject to hydrolysis) is 1. The zero-order valence-electron chi connectivity index (χ0n) is 15.9. The molecule has 0 aromatic heterocycles. The average molecular weight is 397 g/mol. The van der Waals surface area contributed by atoms with Crippen LogP contribution in [0.25, 0.3) is 0 Å². The van der Waals surface area contributed by atoms with Crippen molar-refractivity contribution in [3.63, 3.8) is 0 Å². The molecule has 0 radical (unpaired) electrons. The number of benzene rings is 2. The number of carboxylic acid groups (broad SMARTS) is 1. The summed E-state index contributed by atoms with van der Waals surface area (Å²) in [6.07, 6.45) is 2.06. The van der Waals surface area contributed by atoms with Gasteiger partial charge in [-0.15, -0.1) is 0 Å². The Morgan fingerprint density at radius 3 is 2.34 bits per heavy atom. The van der Waals surface area contributed by atoms with Crippen LogP contribution in [0.1, 0.15) is 41.8 Å². The molecule has 7 heteroatoms. The largest absolute Gasteiger partial charge is 0.508 e. The summed E-state index contributed by atoms with van der Waals surface area (Å²) in [5.41, 5.74) is 0.984. The van der Waals surface area contributed by atoms with Gasteiger partial charge < -0.3 is 14.9 Å². The fraction of sp³-hybridized carbons (Fsp3) is 0.227. The molecule has 2 aromatic rings. The number of hydrogen-bond donors (Lipinski definition) is 3. The molecule has 0 bridgehead atoms. The highest BCUT2D eigenvalue weighted by atomic mass is 16.6. The standard InChI is InChI=1S/C22H23NO6/c1-15(7-5-6-10-19(25)26)20(16-11-13-18(24)14-12-16)29-22(28)23-21(27)17-8-3-2-4-9-17/h2-4,6,8-15,20,24H,5,7H2,1H3,(H,25,26)(H,23,27,28)/b10-6+/t15-,20-/m0/s1. The lowest BCUT2D eigenvalue weighted by molar-refractivity contribution is -0.131. The second kappa shape index (κ2) is 10.7. The van der Waals surface area contributed by atoms with Crippen LogP contribution in [0.2, 0.25) is 0 Å². The van der Waals surface area contributed by atoms with Gasteiger partial charge in [-0.25, -0.2) is 9.59 Å². The number of carbonyl (C=O) groups is 3. The molecule has 29 heavy (non-hydrogen) atoms. The second-order valence-electron chi connectivity index (χ2n) is 6.53. The van der Waals surface area contributed by atoms with Crippen LogP contribution in [0.5, 0.6) is 5.75 Å². The number of phenolic OH excluding ortho intramolecular Hbond substituents is 1. The Kier molecular flexibility index (Phi) is 7.97. The summed E-state index contributed by atoms with van der Waals surface area (Å²) in [7, 11) is 0. The number of nitrogens with one attached hydrogen (secondary N) is 1. The molecule has 152 valence electrons. The number of phenols is 1. The van der Waals surface area contributed by atoms with Gasteiger partial charge in [-0.1, -0.05) is 43.3 Å². The fourth-order valence-corrected chi connectivity index (χ4v) is 2.77. The van der Waals surface area contributed by atoms with E-state index in [2.05, 4.69) is 5.32 Å². The number of carboxylic acids is 1. The Bertz CT molecular complexity index is 861. The van der Waals surface area contributed by atoms with Crippen molar-refractivity contribution in [1.82, 2.24) is 5.32 Å². The van der Waals surface area contributed by atoms with Crippen molar-refractivity contribution in [3.05, 3.63) is 77.9 Å². The highest BCUT2D eigenvalue weighted by Crippen LogP contribution is 2.30. The molecular formula is C22H23NO6. The van der Waals surface area contributed by atoms with Crippen LogP contribution in [0.15, 0.2) is 66.7 Å². The second-order valence-corrected chi connectivity index (χ2v) is 6.53. The molecule has 0 fully saturated rings. The lowest BCUT2D eigenvalue weighted by atomic mass is 9.93. The van der Waals surface area contributed by atoms with Crippen molar-refractivity contribution >= 4 is 18.0 Å². The van der Waals surface area contributed by atoms with E-state index in [1.54, 1.807) is 42.5 Å². The first kappa shape index (κ1) is 21.7. The van der Waals surface area contributed by atoms with Crippen molar-refractivity contribution in [3.8, 4) is 5.75 Å². The molecule has 0 saturated carbocycles. The molecule has 2 atom stereocenters. The lowest BCUT2D eigenvalue weighted by Crippen LogP contribution is -2.33. The predicted octanol–water partition coefficient (Wildman–Crippen LogP) is 4.06. The van der Waals surface area contributed by atoms with Crippen LogP contribution in [0.3, 0.4) is 0 Å². The van der Waals surface area contributed by atoms with Gasteiger partial charge in [0.1, 0.15) is 11.9 Å². The van der Waals surface area contributed by atoms with Gasteiger partial charge in [-0.05, 0) is 48.6 Å². The Balaban J connectivity index is 2.07. The number of allylic oxidation sites excluding steroid dienone is 1. The molecule has 0 aliphatic carbocycles. The summed E-state index contributed by atoms with van der Waals surface area (Å²) in [6.45, 7) is 1.86. The highest BCUT2D eigenvalue weighted by Gasteiger charge is 2.24. The number of amides is 2. The topological polar surface area (TPSA) is 113 Å². The van der Waals surface area contributed by atoms with Crippen LogP contribution < -0.4 is 5.32 Å². The summed E-state index contributed by atoms with van der Waals surface area (Å²) < 4.78 is 5.52. The molecule has 7 nitrogen and oxygen atoms in total.